The molecular formula is C20H21FN2O3. The van der Waals surface area contributed by atoms with Gasteiger partial charge >= 0.3 is 0 Å². The summed E-state index contributed by atoms with van der Waals surface area (Å²) in [4.78, 5) is 18.6. The molecule has 0 spiro atoms. The highest BCUT2D eigenvalue weighted by molar-refractivity contribution is 5.94. The number of nitrogens with zero attached hydrogens (tertiary/aromatic N) is 2. The van der Waals surface area contributed by atoms with Crippen LogP contribution < -0.4 is 4.74 Å². The van der Waals surface area contributed by atoms with E-state index in [0.717, 1.165) is 12.8 Å². The van der Waals surface area contributed by atoms with Gasteiger partial charge in [-0.05, 0) is 37.1 Å². The molecular weight excluding hydrogens is 335 g/mol. The Kier molecular flexibility index (Phi) is 4.59. The van der Waals surface area contributed by atoms with Crippen molar-refractivity contribution < 1.29 is 18.7 Å². The van der Waals surface area contributed by atoms with Crippen LogP contribution >= 0.6 is 0 Å². The number of aromatic nitrogens is 1. The number of pyridine rings is 1. The smallest absolute Gasteiger partial charge is 0.256 e. The summed E-state index contributed by atoms with van der Waals surface area (Å²) >= 11 is 0. The highest BCUT2D eigenvalue weighted by Crippen LogP contribution is 2.41. The molecule has 1 amide bonds. The number of carbonyl (C=O) groups excluding carboxylic acids is 1. The highest BCUT2D eigenvalue weighted by Gasteiger charge is 2.49. The largest absolute Gasteiger partial charge is 0.491 e. The Bertz CT molecular complexity index is 786. The van der Waals surface area contributed by atoms with Gasteiger partial charge in [0, 0.05) is 25.9 Å². The minimum Gasteiger partial charge on any atom is -0.491 e. The Balaban J connectivity index is 1.52. The van der Waals surface area contributed by atoms with Crippen LogP contribution in [0.3, 0.4) is 0 Å². The van der Waals surface area contributed by atoms with E-state index in [2.05, 4.69) is 4.98 Å². The summed E-state index contributed by atoms with van der Waals surface area (Å²) in [5, 5.41) is 0. The van der Waals surface area contributed by atoms with Crippen LogP contribution in [0.25, 0.3) is 0 Å². The van der Waals surface area contributed by atoms with Gasteiger partial charge in [0.05, 0.1) is 29.9 Å². The van der Waals surface area contributed by atoms with Crippen molar-refractivity contribution in [2.75, 3.05) is 26.3 Å². The van der Waals surface area contributed by atoms with Crippen LogP contribution in [0.1, 0.15) is 23.2 Å². The van der Waals surface area contributed by atoms with Gasteiger partial charge in [0.1, 0.15) is 11.6 Å². The zero-order valence-corrected chi connectivity index (χ0v) is 14.4. The first-order chi connectivity index (χ1) is 12.7. The number of hydrogen-bond acceptors (Lipinski definition) is 4. The molecule has 2 aliphatic heterocycles. The van der Waals surface area contributed by atoms with Crippen molar-refractivity contribution in [3.63, 3.8) is 0 Å². The second-order valence-electron chi connectivity index (χ2n) is 6.94. The summed E-state index contributed by atoms with van der Waals surface area (Å²) in [5.41, 5.74) is -0.150. The number of piperidine rings is 1. The molecule has 3 heterocycles. The normalized spacial score (nSPS) is 25.0. The third-order valence-corrected chi connectivity index (χ3v) is 5.32. The van der Waals surface area contributed by atoms with Gasteiger partial charge in [0.2, 0.25) is 0 Å². The number of halogens is 1. The number of hydrogen-bond donors (Lipinski definition) is 0. The van der Waals surface area contributed by atoms with Gasteiger partial charge in [-0.25, -0.2) is 4.39 Å². The fourth-order valence-electron chi connectivity index (χ4n) is 3.89. The summed E-state index contributed by atoms with van der Waals surface area (Å²) in [6, 6.07) is 9.81. The van der Waals surface area contributed by atoms with Crippen LogP contribution in [0.15, 0.2) is 48.8 Å². The molecule has 136 valence electrons. The zero-order chi connectivity index (χ0) is 18.0. The van der Waals surface area contributed by atoms with Gasteiger partial charge < -0.3 is 14.4 Å². The molecule has 0 saturated carbocycles. The van der Waals surface area contributed by atoms with Gasteiger partial charge in [-0.1, -0.05) is 12.1 Å². The monoisotopic (exact) mass is 356 g/mol. The minimum absolute atomic E-state index is 0.0591. The van der Waals surface area contributed by atoms with E-state index in [1.54, 1.807) is 29.4 Å². The molecule has 2 saturated heterocycles. The van der Waals surface area contributed by atoms with Crippen molar-refractivity contribution >= 4 is 5.91 Å². The lowest BCUT2D eigenvalue weighted by Crippen LogP contribution is -2.54. The van der Waals surface area contributed by atoms with Gasteiger partial charge in [-0.2, -0.15) is 0 Å². The second kappa shape index (κ2) is 7.03. The Morgan fingerprint density at radius 3 is 3.04 bits per heavy atom. The molecule has 1 aromatic heterocycles. The van der Waals surface area contributed by atoms with E-state index in [4.69, 9.17) is 9.47 Å². The predicted molar refractivity (Wildman–Crippen MR) is 93.4 cm³/mol. The molecule has 2 fully saturated rings. The number of likely N-dealkylation sites (tertiary alicyclic amines) is 1. The van der Waals surface area contributed by atoms with E-state index in [0.29, 0.717) is 32.1 Å². The van der Waals surface area contributed by atoms with E-state index in [-0.39, 0.29) is 23.0 Å². The standard InChI is InChI=1S/C20H21FN2O3/c21-17-6-2-1-5-16(17)19(24)23-10-7-18-20(13-23,8-11-25-18)14-26-15-4-3-9-22-12-15/h1-6,9,12,18H,7-8,10-11,13-14H2/t18-,20+/m1/s1. The molecule has 0 bridgehead atoms. The third kappa shape index (κ3) is 3.17. The third-order valence-electron chi connectivity index (χ3n) is 5.32. The van der Waals surface area contributed by atoms with E-state index in [9.17, 15) is 9.18 Å². The van der Waals surface area contributed by atoms with Crippen LogP contribution in [-0.4, -0.2) is 48.2 Å². The number of ether oxygens (including phenoxy) is 2. The topological polar surface area (TPSA) is 51.7 Å². The average molecular weight is 356 g/mol. The molecule has 0 N–H and O–H groups in total. The first kappa shape index (κ1) is 17.0. The maximum Gasteiger partial charge on any atom is 0.256 e. The number of rotatable bonds is 4. The molecule has 5 nitrogen and oxygen atoms in total. The highest BCUT2D eigenvalue weighted by atomic mass is 19.1. The quantitative estimate of drug-likeness (QED) is 0.845. The molecule has 6 heteroatoms. The fourth-order valence-corrected chi connectivity index (χ4v) is 3.89. The van der Waals surface area contributed by atoms with Crippen LogP contribution in [0.2, 0.25) is 0 Å². The summed E-state index contributed by atoms with van der Waals surface area (Å²) in [6.45, 7) is 2.17. The lowest BCUT2D eigenvalue weighted by atomic mass is 9.77. The van der Waals surface area contributed by atoms with Crippen molar-refractivity contribution in [3.05, 3.63) is 60.2 Å². The van der Waals surface area contributed by atoms with Crippen molar-refractivity contribution in [2.45, 2.75) is 18.9 Å². The summed E-state index contributed by atoms with van der Waals surface area (Å²) < 4.78 is 25.9. The Hall–Kier alpha value is -2.47. The molecule has 2 aromatic rings. The van der Waals surface area contributed by atoms with E-state index >= 15 is 0 Å². The van der Waals surface area contributed by atoms with Gasteiger partial charge in [0.15, 0.2) is 0 Å². The minimum atomic E-state index is -0.483. The van der Waals surface area contributed by atoms with Crippen LogP contribution in [0.5, 0.6) is 5.75 Å². The van der Waals surface area contributed by atoms with Crippen molar-refractivity contribution in [1.82, 2.24) is 9.88 Å². The van der Waals surface area contributed by atoms with Crippen LogP contribution in [-0.2, 0) is 4.74 Å². The van der Waals surface area contributed by atoms with E-state index in [1.807, 2.05) is 12.1 Å². The maximum absolute atomic E-state index is 14.0. The average Bonchev–Trinajstić information content (AvgIpc) is 3.10. The van der Waals surface area contributed by atoms with E-state index < -0.39 is 5.82 Å². The molecule has 4 rings (SSSR count). The Labute approximate surface area is 151 Å². The molecule has 0 radical (unpaired) electrons. The lowest BCUT2D eigenvalue weighted by Gasteiger charge is -2.43. The molecule has 1 aromatic carbocycles. The van der Waals surface area contributed by atoms with Gasteiger partial charge in [-0.3, -0.25) is 9.78 Å². The number of fused-ring (bicyclic) bond motifs is 1. The number of benzene rings is 1. The lowest BCUT2D eigenvalue weighted by molar-refractivity contribution is -0.0327. The maximum atomic E-state index is 14.0. The van der Waals surface area contributed by atoms with Crippen LogP contribution in [0.4, 0.5) is 4.39 Å². The molecule has 2 aliphatic rings. The van der Waals surface area contributed by atoms with E-state index in [1.165, 1.54) is 12.1 Å². The molecule has 0 aliphatic carbocycles. The van der Waals surface area contributed by atoms with Crippen molar-refractivity contribution in [2.24, 2.45) is 5.41 Å². The second-order valence-corrected chi connectivity index (χ2v) is 6.94. The molecule has 0 unspecified atom stereocenters. The molecule has 26 heavy (non-hydrogen) atoms. The zero-order valence-electron chi connectivity index (χ0n) is 14.4. The SMILES string of the molecule is O=C(c1ccccc1F)N1CC[C@H]2OCC[C@@]2(COc2cccnc2)C1. The molecule has 2 atom stereocenters. The van der Waals surface area contributed by atoms with Crippen LogP contribution in [0, 0.1) is 11.2 Å². The first-order valence-electron chi connectivity index (χ1n) is 8.86. The first-order valence-corrected chi connectivity index (χ1v) is 8.86. The number of amides is 1. The Morgan fingerprint density at radius 2 is 2.23 bits per heavy atom. The van der Waals surface area contributed by atoms with Crippen molar-refractivity contribution in [1.29, 1.82) is 0 Å². The van der Waals surface area contributed by atoms with Gasteiger partial charge in [0.25, 0.3) is 5.91 Å². The fraction of sp³-hybridized carbons (Fsp3) is 0.400. The Morgan fingerprint density at radius 1 is 1.35 bits per heavy atom. The predicted octanol–water partition coefficient (Wildman–Crippen LogP) is 2.92. The summed E-state index contributed by atoms with van der Waals surface area (Å²) in [7, 11) is 0. The van der Waals surface area contributed by atoms with Crippen molar-refractivity contribution in [3.8, 4) is 5.75 Å². The summed E-state index contributed by atoms with van der Waals surface area (Å²) in [5.74, 6) is -0.0535. The number of carbonyl (C=O) groups is 1. The summed E-state index contributed by atoms with van der Waals surface area (Å²) in [6.07, 6.45) is 4.98. The van der Waals surface area contributed by atoms with Gasteiger partial charge in [-0.15, -0.1) is 0 Å².